The van der Waals surface area contributed by atoms with E-state index in [0.29, 0.717) is 0 Å². The van der Waals surface area contributed by atoms with Crippen LogP contribution in [-0.4, -0.2) is 27.2 Å². The first-order valence-corrected chi connectivity index (χ1v) is 7.45. The molecule has 4 nitrogen and oxygen atoms in total. The molecule has 0 spiro atoms. The van der Waals surface area contributed by atoms with Crippen molar-refractivity contribution in [1.82, 2.24) is 9.97 Å². The molecule has 6 heteroatoms. The Balaban J connectivity index is 1.97. The summed E-state index contributed by atoms with van der Waals surface area (Å²) >= 11 is 7.58. The van der Waals surface area contributed by atoms with Gasteiger partial charge in [-0.2, -0.15) is 0 Å². The second-order valence-corrected chi connectivity index (χ2v) is 7.26. The fourth-order valence-electron chi connectivity index (χ4n) is 2.44. The number of aliphatic hydroxyl groups excluding tert-OH is 1. The van der Waals surface area contributed by atoms with E-state index in [1.807, 2.05) is 6.92 Å². The summed E-state index contributed by atoms with van der Waals surface area (Å²) in [7, 11) is 0. The Hall–Kier alpha value is -0.910. The van der Waals surface area contributed by atoms with Gasteiger partial charge in [-0.25, -0.2) is 9.97 Å². The fourth-order valence-corrected chi connectivity index (χ4v) is 3.54. The van der Waals surface area contributed by atoms with Gasteiger partial charge in [-0.1, -0.05) is 13.8 Å². The van der Waals surface area contributed by atoms with Crippen LogP contribution in [0.3, 0.4) is 0 Å². The summed E-state index contributed by atoms with van der Waals surface area (Å²) < 4.78 is 0. The molecule has 2 atom stereocenters. The number of aliphatic hydroxyl groups is 1. The summed E-state index contributed by atoms with van der Waals surface area (Å²) in [4.78, 5) is 10.6. The van der Waals surface area contributed by atoms with Crippen LogP contribution < -0.4 is 5.32 Å². The highest BCUT2D eigenvalue weighted by molar-refractivity contribution is 7.18. The first-order valence-electron chi connectivity index (χ1n) is 6.26. The van der Waals surface area contributed by atoms with Crippen molar-refractivity contribution in [3.05, 3.63) is 16.2 Å². The average molecular weight is 298 g/mol. The summed E-state index contributed by atoms with van der Waals surface area (Å²) in [5.41, 5.74) is -0.144. The van der Waals surface area contributed by atoms with Gasteiger partial charge in [0.25, 0.3) is 0 Å². The zero-order valence-corrected chi connectivity index (χ0v) is 12.6. The van der Waals surface area contributed by atoms with E-state index < -0.39 is 0 Å². The molecule has 0 saturated heterocycles. The van der Waals surface area contributed by atoms with E-state index in [9.17, 15) is 5.11 Å². The van der Waals surface area contributed by atoms with E-state index in [1.54, 1.807) is 11.3 Å². The van der Waals surface area contributed by atoms with Crippen molar-refractivity contribution in [2.75, 3.05) is 5.32 Å². The molecule has 1 aliphatic rings. The molecule has 1 fully saturated rings. The number of nitrogens with zero attached hydrogens (tertiary/aromatic N) is 2. The van der Waals surface area contributed by atoms with Crippen molar-refractivity contribution < 1.29 is 5.11 Å². The monoisotopic (exact) mass is 297 g/mol. The molecular formula is C13H16ClN3OS. The molecule has 2 aromatic heterocycles. The molecule has 0 bridgehead atoms. The lowest BCUT2D eigenvalue weighted by molar-refractivity contribution is -0.0511. The van der Waals surface area contributed by atoms with Gasteiger partial charge in [-0.05, 0) is 31.0 Å². The number of aromatic nitrogens is 2. The Morgan fingerprint density at radius 3 is 2.84 bits per heavy atom. The lowest BCUT2D eigenvalue weighted by atomic mass is 9.64. The largest absolute Gasteiger partial charge is 0.392 e. The Morgan fingerprint density at radius 2 is 2.21 bits per heavy atom. The van der Waals surface area contributed by atoms with Crippen LogP contribution in [0.15, 0.2) is 6.07 Å². The first kappa shape index (κ1) is 13.1. The third-order valence-corrected chi connectivity index (χ3v) is 5.13. The molecule has 1 saturated carbocycles. The Morgan fingerprint density at radius 1 is 1.47 bits per heavy atom. The molecule has 102 valence electrons. The van der Waals surface area contributed by atoms with Gasteiger partial charge in [0.05, 0.1) is 11.5 Å². The molecule has 19 heavy (non-hydrogen) atoms. The van der Waals surface area contributed by atoms with Gasteiger partial charge in [-0.3, -0.25) is 0 Å². The zero-order valence-electron chi connectivity index (χ0n) is 11.1. The predicted molar refractivity (Wildman–Crippen MR) is 79.0 cm³/mol. The molecule has 3 rings (SSSR count). The molecule has 0 radical (unpaired) electrons. The lowest BCUT2D eigenvalue weighted by Gasteiger charge is -2.49. The fraction of sp³-hybridized carbons (Fsp3) is 0.538. The van der Waals surface area contributed by atoms with Crippen LogP contribution >= 0.6 is 22.9 Å². The van der Waals surface area contributed by atoms with Crippen LogP contribution in [0.1, 0.15) is 25.1 Å². The average Bonchev–Trinajstić information content (AvgIpc) is 2.69. The molecule has 0 aliphatic heterocycles. The van der Waals surface area contributed by atoms with Gasteiger partial charge >= 0.3 is 0 Å². The van der Waals surface area contributed by atoms with E-state index in [0.717, 1.165) is 22.5 Å². The number of fused-ring (bicyclic) bond motifs is 1. The van der Waals surface area contributed by atoms with Crippen molar-refractivity contribution in [1.29, 1.82) is 0 Å². The third kappa shape index (κ3) is 2.10. The summed E-state index contributed by atoms with van der Waals surface area (Å²) in [6.45, 7) is 6.15. The topological polar surface area (TPSA) is 58.0 Å². The van der Waals surface area contributed by atoms with E-state index in [2.05, 4.69) is 35.2 Å². The lowest BCUT2D eigenvalue weighted by Crippen LogP contribution is -2.57. The predicted octanol–water partition coefficient (Wildman–Crippen LogP) is 3.22. The summed E-state index contributed by atoms with van der Waals surface area (Å²) in [5, 5.41) is 14.5. The molecular weight excluding hydrogens is 282 g/mol. The highest BCUT2D eigenvalue weighted by Gasteiger charge is 2.47. The van der Waals surface area contributed by atoms with E-state index in [4.69, 9.17) is 11.6 Å². The van der Waals surface area contributed by atoms with Gasteiger partial charge in [0, 0.05) is 16.3 Å². The summed E-state index contributed by atoms with van der Waals surface area (Å²) in [5.74, 6) is 0.768. The van der Waals surface area contributed by atoms with Gasteiger partial charge in [-0.15, -0.1) is 11.3 Å². The molecule has 2 unspecified atom stereocenters. The zero-order chi connectivity index (χ0) is 13.8. The number of halogens is 1. The standard InChI is InChI=1S/C13H16ClN3OS/c1-6-4-7-10(16-12(14)17-11(7)19-6)15-8-5-9(18)13(8,2)3/h4,8-9,18H,5H2,1-3H3,(H,15,16,17). The number of aryl methyl sites for hydroxylation is 1. The minimum atomic E-state index is -0.262. The summed E-state index contributed by atoms with van der Waals surface area (Å²) in [6.07, 6.45) is 0.473. The van der Waals surface area contributed by atoms with Gasteiger partial charge in [0.15, 0.2) is 0 Å². The summed E-state index contributed by atoms with van der Waals surface area (Å²) in [6, 6.07) is 2.28. The van der Waals surface area contributed by atoms with Crippen LogP contribution in [0.25, 0.3) is 10.2 Å². The number of nitrogens with one attached hydrogen (secondary N) is 1. The number of rotatable bonds is 2. The maximum Gasteiger partial charge on any atom is 0.225 e. The SMILES string of the molecule is Cc1cc2c(NC3CC(O)C3(C)C)nc(Cl)nc2s1. The maximum atomic E-state index is 9.80. The smallest absolute Gasteiger partial charge is 0.225 e. The van der Waals surface area contributed by atoms with Crippen molar-refractivity contribution in [2.45, 2.75) is 39.3 Å². The van der Waals surface area contributed by atoms with Crippen LogP contribution in [0.5, 0.6) is 0 Å². The quantitative estimate of drug-likeness (QED) is 0.836. The van der Waals surface area contributed by atoms with E-state index >= 15 is 0 Å². The maximum absolute atomic E-state index is 9.80. The molecule has 0 aromatic carbocycles. The molecule has 1 aliphatic carbocycles. The molecule has 2 heterocycles. The number of hydrogen-bond acceptors (Lipinski definition) is 5. The van der Waals surface area contributed by atoms with Crippen molar-refractivity contribution in [2.24, 2.45) is 5.41 Å². The van der Waals surface area contributed by atoms with Crippen molar-refractivity contribution in [3.8, 4) is 0 Å². The minimum Gasteiger partial charge on any atom is -0.392 e. The van der Waals surface area contributed by atoms with Crippen LogP contribution in [0.4, 0.5) is 5.82 Å². The van der Waals surface area contributed by atoms with Gasteiger partial charge in [0.2, 0.25) is 5.28 Å². The minimum absolute atomic E-state index is 0.144. The van der Waals surface area contributed by atoms with Crippen LogP contribution in [-0.2, 0) is 0 Å². The number of anilines is 1. The first-order chi connectivity index (χ1) is 8.88. The van der Waals surface area contributed by atoms with Gasteiger partial charge in [0.1, 0.15) is 10.6 Å². The number of hydrogen-bond donors (Lipinski definition) is 2. The molecule has 2 N–H and O–H groups in total. The normalized spacial score (nSPS) is 25.3. The Labute approximate surface area is 120 Å². The highest BCUT2D eigenvalue weighted by Crippen LogP contribution is 2.43. The second-order valence-electron chi connectivity index (χ2n) is 5.69. The van der Waals surface area contributed by atoms with Crippen LogP contribution in [0, 0.1) is 12.3 Å². The highest BCUT2D eigenvalue weighted by atomic mass is 35.5. The van der Waals surface area contributed by atoms with Crippen molar-refractivity contribution in [3.63, 3.8) is 0 Å². The third-order valence-electron chi connectivity index (χ3n) is 4.02. The molecule has 2 aromatic rings. The Bertz CT molecular complexity index is 640. The molecule has 0 amide bonds. The van der Waals surface area contributed by atoms with E-state index in [1.165, 1.54) is 4.88 Å². The Kier molecular flexibility index (Phi) is 2.96. The van der Waals surface area contributed by atoms with Gasteiger partial charge < -0.3 is 10.4 Å². The van der Waals surface area contributed by atoms with Crippen LogP contribution in [0.2, 0.25) is 5.28 Å². The number of thiophene rings is 1. The van der Waals surface area contributed by atoms with E-state index in [-0.39, 0.29) is 22.8 Å². The second kappa shape index (κ2) is 4.30. The van der Waals surface area contributed by atoms with Crippen molar-refractivity contribution >= 4 is 39.0 Å².